The van der Waals surface area contributed by atoms with Crippen molar-refractivity contribution in [3.63, 3.8) is 0 Å². The summed E-state index contributed by atoms with van der Waals surface area (Å²) in [5, 5.41) is 0.431. The molecule has 0 saturated carbocycles. The van der Waals surface area contributed by atoms with Crippen molar-refractivity contribution in [2.24, 2.45) is 0 Å². The molecule has 0 unspecified atom stereocenters. The highest BCUT2D eigenvalue weighted by atomic mass is 35.5. The standard InChI is InChI=1S/C14H9ClF2O/c15-11-3-1-2-9(6-11)14(18)8-10-7-12(16)4-5-13(10)17/h1-7H,8H2. The molecular formula is C14H9ClF2O. The highest BCUT2D eigenvalue weighted by Crippen LogP contribution is 2.16. The average molecular weight is 267 g/mol. The van der Waals surface area contributed by atoms with Crippen molar-refractivity contribution in [2.75, 3.05) is 0 Å². The number of Topliss-reactive ketones (excluding diaryl/α,β-unsaturated/α-hetero) is 1. The first kappa shape index (κ1) is 12.7. The minimum absolute atomic E-state index is 0.0416. The van der Waals surface area contributed by atoms with Crippen LogP contribution in [-0.4, -0.2) is 5.78 Å². The second-order valence-electron chi connectivity index (χ2n) is 3.85. The lowest BCUT2D eigenvalue weighted by molar-refractivity contribution is 0.0992. The summed E-state index contributed by atoms with van der Waals surface area (Å²) in [6.07, 6.45) is -0.191. The van der Waals surface area contributed by atoms with E-state index in [0.717, 1.165) is 18.2 Å². The molecule has 0 aliphatic rings. The zero-order valence-electron chi connectivity index (χ0n) is 9.29. The van der Waals surface area contributed by atoms with E-state index in [1.807, 2.05) is 0 Å². The smallest absolute Gasteiger partial charge is 0.167 e. The van der Waals surface area contributed by atoms with Gasteiger partial charge in [0.1, 0.15) is 11.6 Å². The van der Waals surface area contributed by atoms with Gasteiger partial charge in [0, 0.05) is 17.0 Å². The zero-order valence-corrected chi connectivity index (χ0v) is 10.0. The van der Waals surface area contributed by atoms with Crippen LogP contribution in [0.25, 0.3) is 0 Å². The van der Waals surface area contributed by atoms with Crippen LogP contribution in [0.1, 0.15) is 15.9 Å². The first-order chi connectivity index (χ1) is 8.56. The van der Waals surface area contributed by atoms with Gasteiger partial charge in [0.25, 0.3) is 0 Å². The van der Waals surface area contributed by atoms with E-state index in [1.54, 1.807) is 18.2 Å². The molecule has 0 amide bonds. The van der Waals surface area contributed by atoms with E-state index in [4.69, 9.17) is 11.6 Å². The maximum atomic E-state index is 13.4. The number of hydrogen-bond acceptors (Lipinski definition) is 1. The van der Waals surface area contributed by atoms with E-state index < -0.39 is 11.6 Å². The Labute approximate surface area is 108 Å². The summed E-state index contributed by atoms with van der Waals surface area (Å²) in [5.41, 5.74) is 0.422. The third-order valence-electron chi connectivity index (χ3n) is 2.51. The summed E-state index contributed by atoms with van der Waals surface area (Å²) in [4.78, 5) is 11.9. The number of carbonyl (C=O) groups excluding carboxylic acids is 1. The van der Waals surface area contributed by atoms with Crippen LogP contribution in [0.4, 0.5) is 8.78 Å². The van der Waals surface area contributed by atoms with Gasteiger partial charge >= 0.3 is 0 Å². The highest BCUT2D eigenvalue weighted by Gasteiger charge is 2.11. The van der Waals surface area contributed by atoms with Gasteiger partial charge in [0.15, 0.2) is 5.78 Å². The van der Waals surface area contributed by atoms with Crippen molar-refractivity contribution in [3.8, 4) is 0 Å². The molecule has 92 valence electrons. The van der Waals surface area contributed by atoms with Crippen molar-refractivity contribution in [3.05, 3.63) is 70.2 Å². The Bertz CT molecular complexity index is 596. The van der Waals surface area contributed by atoms with Crippen molar-refractivity contribution >= 4 is 17.4 Å². The first-order valence-electron chi connectivity index (χ1n) is 5.29. The van der Waals surface area contributed by atoms with Gasteiger partial charge in [-0.25, -0.2) is 8.78 Å². The van der Waals surface area contributed by atoms with Gasteiger partial charge in [0.2, 0.25) is 0 Å². The lowest BCUT2D eigenvalue weighted by atomic mass is 10.0. The Morgan fingerprint density at radius 2 is 1.89 bits per heavy atom. The van der Waals surface area contributed by atoms with Crippen LogP contribution in [0.5, 0.6) is 0 Å². The Morgan fingerprint density at radius 3 is 2.61 bits per heavy atom. The Hall–Kier alpha value is -1.74. The molecule has 0 spiro atoms. The number of benzene rings is 2. The SMILES string of the molecule is O=C(Cc1cc(F)ccc1F)c1cccc(Cl)c1. The van der Waals surface area contributed by atoms with Gasteiger partial charge in [0.05, 0.1) is 0 Å². The quantitative estimate of drug-likeness (QED) is 0.766. The van der Waals surface area contributed by atoms with Crippen molar-refractivity contribution in [1.82, 2.24) is 0 Å². The largest absolute Gasteiger partial charge is 0.294 e. The summed E-state index contributed by atoms with van der Waals surface area (Å²) in [6.45, 7) is 0. The summed E-state index contributed by atoms with van der Waals surface area (Å²) in [7, 11) is 0. The highest BCUT2D eigenvalue weighted by molar-refractivity contribution is 6.31. The van der Waals surface area contributed by atoms with E-state index >= 15 is 0 Å². The monoisotopic (exact) mass is 266 g/mol. The summed E-state index contributed by atoms with van der Waals surface area (Å²) >= 11 is 5.76. The molecule has 0 aromatic heterocycles. The fourth-order valence-corrected chi connectivity index (χ4v) is 1.81. The number of ketones is 1. The molecule has 0 aliphatic carbocycles. The maximum absolute atomic E-state index is 13.4. The predicted molar refractivity (Wildman–Crippen MR) is 65.8 cm³/mol. The van der Waals surface area contributed by atoms with Gasteiger partial charge in [-0.2, -0.15) is 0 Å². The van der Waals surface area contributed by atoms with E-state index in [1.165, 1.54) is 6.07 Å². The molecule has 2 rings (SSSR count). The second-order valence-corrected chi connectivity index (χ2v) is 4.28. The van der Waals surface area contributed by atoms with E-state index in [0.29, 0.717) is 10.6 Å². The fraction of sp³-hybridized carbons (Fsp3) is 0.0714. The van der Waals surface area contributed by atoms with Crippen LogP contribution in [0.15, 0.2) is 42.5 Å². The molecule has 18 heavy (non-hydrogen) atoms. The second kappa shape index (κ2) is 5.27. The van der Waals surface area contributed by atoms with Crippen LogP contribution in [-0.2, 0) is 6.42 Å². The number of rotatable bonds is 3. The summed E-state index contributed by atoms with van der Waals surface area (Å²) in [6, 6.07) is 9.42. The normalized spacial score (nSPS) is 10.4. The zero-order chi connectivity index (χ0) is 13.1. The molecule has 0 saturated heterocycles. The topological polar surface area (TPSA) is 17.1 Å². The van der Waals surface area contributed by atoms with Crippen LogP contribution in [0.3, 0.4) is 0 Å². The number of halogens is 3. The van der Waals surface area contributed by atoms with Gasteiger partial charge in [-0.3, -0.25) is 4.79 Å². The Morgan fingerprint density at radius 1 is 1.11 bits per heavy atom. The first-order valence-corrected chi connectivity index (χ1v) is 5.67. The molecule has 2 aromatic rings. The van der Waals surface area contributed by atoms with Gasteiger partial charge in [-0.1, -0.05) is 23.7 Å². The van der Waals surface area contributed by atoms with E-state index in [9.17, 15) is 13.6 Å². The van der Waals surface area contributed by atoms with Crippen LogP contribution < -0.4 is 0 Å². The Kier molecular flexibility index (Phi) is 3.72. The fourth-order valence-electron chi connectivity index (χ4n) is 1.62. The number of carbonyl (C=O) groups is 1. The van der Waals surface area contributed by atoms with Gasteiger partial charge in [-0.15, -0.1) is 0 Å². The molecule has 2 aromatic carbocycles. The van der Waals surface area contributed by atoms with Crippen molar-refractivity contribution in [2.45, 2.75) is 6.42 Å². The molecule has 0 radical (unpaired) electrons. The summed E-state index contributed by atoms with van der Waals surface area (Å²) in [5.74, 6) is -1.46. The molecule has 0 heterocycles. The minimum Gasteiger partial charge on any atom is -0.294 e. The predicted octanol–water partition coefficient (Wildman–Crippen LogP) is 4.04. The molecule has 0 N–H and O–H groups in total. The van der Waals surface area contributed by atoms with Crippen molar-refractivity contribution < 1.29 is 13.6 Å². The van der Waals surface area contributed by atoms with E-state index in [2.05, 4.69) is 0 Å². The third kappa shape index (κ3) is 2.93. The Balaban J connectivity index is 2.24. The van der Waals surface area contributed by atoms with Crippen LogP contribution in [0, 0.1) is 11.6 Å². The lowest BCUT2D eigenvalue weighted by Crippen LogP contribution is -2.05. The van der Waals surface area contributed by atoms with Crippen LogP contribution >= 0.6 is 11.6 Å². The van der Waals surface area contributed by atoms with E-state index in [-0.39, 0.29) is 17.8 Å². The summed E-state index contributed by atoms with van der Waals surface area (Å²) < 4.78 is 26.3. The molecular weight excluding hydrogens is 258 g/mol. The van der Waals surface area contributed by atoms with Crippen molar-refractivity contribution in [1.29, 1.82) is 0 Å². The minimum atomic E-state index is -0.591. The third-order valence-corrected chi connectivity index (χ3v) is 2.74. The molecule has 0 aliphatic heterocycles. The van der Waals surface area contributed by atoms with Gasteiger partial charge < -0.3 is 0 Å². The maximum Gasteiger partial charge on any atom is 0.167 e. The number of hydrogen-bond donors (Lipinski definition) is 0. The lowest BCUT2D eigenvalue weighted by Gasteiger charge is -2.03. The molecule has 0 atom stereocenters. The molecule has 1 nitrogen and oxygen atoms in total. The molecule has 0 fully saturated rings. The molecule has 0 bridgehead atoms. The van der Waals surface area contributed by atoms with Crippen LogP contribution in [0.2, 0.25) is 5.02 Å². The molecule has 4 heteroatoms. The van der Waals surface area contributed by atoms with Gasteiger partial charge in [-0.05, 0) is 35.9 Å². The average Bonchev–Trinajstić information content (AvgIpc) is 2.34.